The highest BCUT2D eigenvalue weighted by Gasteiger charge is 2.31. The van der Waals surface area contributed by atoms with Gasteiger partial charge in [0.1, 0.15) is 0 Å². The van der Waals surface area contributed by atoms with Crippen molar-refractivity contribution in [2.24, 2.45) is 11.8 Å². The maximum absolute atomic E-state index is 12.0. The molecule has 0 aliphatic heterocycles. The van der Waals surface area contributed by atoms with E-state index in [9.17, 15) is 4.79 Å². The smallest absolute Gasteiger partial charge is 0.217 e. The minimum Gasteiger partial charge on any atom is -0.349 e. The van der Waals surface area contributed by atoms with Crippen molar-refractivity contribution in [3.63, 3.8) is 0 Å². The molecule has 0 aromatic rings. The topological polar surface area (TPSA) is 35.5 Å². The molecule has 0 amide bonds. The zero-order valence-electron chi connectivity index (χ0n) is 9.99. The first-order chi connectivity index (χ1) is 7.22. The Morgan fingerprint density at radius 2 is 2.00 bits per heavy atom. The Hall–Kier alpha value is -0.410. The number of ether oxygens (including phenoxy) is 2. The van der Waals surface area contributed by atoms with Crippen LogP contribution in [-0.2, 0) is 14.3 Å². The van der Waals surface area contributed by atoms with Gasteiger partial charge in [-0.2, -0.15) is 0 Å². The Morgan fingerprint density at radius 1 is 1.33 bits per heavy atom. The summed E-state index contributed by atoms with van der Waals surface area (Å²) < 4.78 is 10.0. The van der Waals surface area contributed by atoms with Crippen molar-refractivity contribution in [3.05, 3.63) is 0 Å². The number of carbonyl (C=O) groups excluding carboxylic acids is 1. The number of carbonyl (C=O) groups is 1. The molecular weight excluding hydrogens is 192 g/mol. The standard InChI is InChI=1S/C12H22O3/c1-4-9-6-5-7-10(8-9)11(13)12(14-2)15-3/h9-10,12H,4-8H2,1-3H3. The molecule has 0 heterocycles. The predicted octanol–water partition coefficient (Wildman–Crippen LogP) is 2.39. The van der Waals surface area contributed by atoms with Crippen molar-refractivity contribution in [2.45, 2.75) is 45.3 Å². The van der Waals surface area contributed by atoms with Crippen molar-refractivity contribution in [2.75, 3.05) is 14.2 Å². The van der Waals surface area contributed by atoms with Crippen LogP contribution in [0.25, 0.3) is 0 Å². The summed E-state index contributed by atoms with van der Waals surface area (Å²) in [6.07, 6.45) is 4.96. The Morgan fingerprint density at radius 3 is 2.53 bits per heavy atom. The maximum Gasteiger partial charge on any atom is 0.217 e. The average molecular weight is 214 g/mol. The quantitative estimate of drug-likeness (QED) is 0.659. The van der Waals surface area contributed by atoms with Gasteiger partial charge in [0.15, 0.2) is 5.78 Å². The highest BCUT2D eigenvalue weighted by atomic mass is 16.7. The van der Waals surface area contributed by atoms with E-state index in [4.69, 9.17) is 9.47 Å². The predicted molar refractivity (Wildman–Crippen MR) is 58.6 cm³/mol. The van der Waals surface area contributed by atoms with Crippen molar-refractivity contribution in [1.82, 2.24) is 0 Å². The van der Waals surface area contributed by atoms with Crippen LogP contribution in [0.5, 0.6) is 0 Å². The summed E-state index contributed by atoms with van der Waals surface area (Å²) in [5.74, 6) is 0.980. The monoisotopic (exact) mass is 214 g/mol. The molecule has 0 N–H and O–H groups in total. The third kappa shape index (κ3) is 3.28. The largest absolute Gasteiger partial charge is 0.349 e. The fraction of sp³-hybridized carbons (Fsp3) is 0.917. The first-order valence-corrected chi connectivity index (χ1v) is 5.82. The summed E-state index contributed by atoms with van der Waals surface area (Å²) in [4.78, 5) is 12.0. The van der Waals surface area contributed by atoms with Gasteiger partial charge in [-0.25, -0.2) is 0 Å². The zero-order chi connectivity index (χ0) is 11.3. The van der Waals surface area contributed by atoms with Gasteiger partial charge >= 0.3 is 0 Å². The van der Waals surface area contributed by atoms with Crippen LogP contribution in [-0.4, -0.2) is 26.3 Å². The summed E-state index contributed by atoms with van der Waals surface area (Å²) in [7, 11) is 3.04. The molecule has 0 aromatic heterocycles. The molecule has 0 spiro atoms. The fourth-order valence-electron chi connectivity index (χ4n) is 2.44. The highest BCUT2D eigenvalue weighted by Crippen LogP contribution is 2.32. The highest BCUT2D eigenvalue weighted by molar-refractivity contribution is 5.84. The Labute approximate surface area is 92.1 Å². The molecule has 0 radical (unpaired) electrons. The molecule has 3 nitrogen and oxygen atoms in total. The Balaban J connectivity index is 2.51. The van der Waals surface area contributed by atoms with Gasteiger partial charge in [0.25, 0.3) is 0 Å². The third-order valence-electron chi connectivity index (χ3n) is 3.42. The van der Waals surface area contributed by atoms with E-state index in [2.05, 4.69) is 6.92 Å². The summed E-state index contributed by atoms with van der Waals surface area (Å²) in [5.41, 5.74) is 0. The van der Waals surface area contributed by atoms with E-state index in [1.165, 1.54) is 27.1 Å². The summed E-state index contributed by atoms with van der Waals surface area (Å²) >= 11 is 0. The molecule has 15 heavy (non-hydrogen) atoms. The van der Waals surface area contributed by atoms with Crippen LogP contribution < -0.4 is 0 Å². The van der Waals surface area contributed by atoms with Crippen molar-refractivity contribution in [3.8, 4) is 0 Å². The second-order valence-corrected chi connectivity index (χ2v) is 4.34. The first-order valence-electron chi connectivity index (χ1n) is 5.82. The van der Waals surface area contributed by atoms with E-state index in [1.807, 2.05) is 0 Å². The molecular formula is C12H22O3. The van der Waals surface area contributed by atoms with Crippen LogP contribution in [0.1, 0.15) is 39.0 Å². The van der Waals surface area contributed by atoms with Gasteiger partial charge in [0.2, 0.25) is 6.29 Å². The second kappa shape index (κ2) is 6.23. The number of hydrogen-bond donors (Lipinski definition) is 0. The third-order valence-corrected chi connectivity index (χ3v) is 3.42. The number of rotatable bonds is 5. The van der Waals surface area contributed by atoms with Crippen molar-refractivity contribution >= 4 is 5.78 Å². The second-order valence-electron chi connectivity index (χ2n) is 4.34. The molecule has 0 bridgehead atoms. The van der Waals surface area contributed by atoms with Crippen molar-refractivity contribution in [1.29, 1.82) is 0 Å². The molecule has 1 fully saturated rings. The molecule has 1 saturated carbocycles. The van der Waals surface area contributed by atoms with E-state index in [0.29, 0.717) is 5.92 Å². The fourth-order valence-corrected chi connectivity index (χ4v) is 2.44. The van der Waals surface area contributed by atoms with Gasteiger partial charge in [-0.15, -0.1) is 0 Å². The van der Waals surface area contributed by atoms with Gasteiger partial charge in [0.05, 0.1) is 0 Å². The minimum absolute atomic E-state index is 0.123. The lowest BCUT2D eigenvalue weighted by atomic mass is 9.78. The van der Waals surface area contributed by atoms with E-state index < -0.39 is 6.29 Å². The van der Waals surface area contributed by atoms with Crippen LogP contribution in [0.4, 0.5) is 0 Å². The molecule has 1 aliphatic rings. The lowest BCUT2D eigenvalue weighted by Gasteiger charge is -2.29. The van der Waals surface area contributed by atoms with Crippen LogP contribution in [0.15, 0.2) is 0 Å². The minimum atomic E-state index is -0.661. The SMILES string of the molecule is CCC1CCCC(C(=O)C(OC)OC)C1. The van der Waals surface area contributed by atoms with Gasteiger partial charge in [-0.3, -0.25) is 4.79 Å². The maximum atomic E-state index is 12.0. The molecule has 1 rings (SSSR count). The Bertz CT molecular complexity index is 199. The lowest BCUT2D eigenvalue weighted by Crippen LogP contribution is -2.34. The van der Waals surface area contributed by atoms with Crippen LogP contribution >= 0.6 is 0 Å². The summed E-state index contributed by atoms with van der Waals surface area (Å²) in [6, 6.07) is 0. The van der Waals surface area contributed by atoms with E-state index in [-0.39, 0.29) is 11.7 Å². The summed E-state index contributed by atoms with van der Waals surface area (Å²) in [6.45, 7) is 2.20. The lowest BCUT2D eigenvalue weighted by molar-refractivity contribution is -0.162. The average Bonchev–Trinajstić information content (AvgIpc) is 2.30. The van der Waals surface area contributed by atoms with E-state index >= 15 is 0 Å². The Kier molecular flexibility index (Phi) is 5.26. The van der Waals surface area contributed by atoms with Crippen LogP contribution in [0.3, 0.4) is 0 Å². The normalized spacial score (nSPS) is 26.9. The molecule has 2 atom stereocenters. The number of ketones is 1. The number of hydrogen-bond acceptors (Lipinski definition) is 3. The molecule has 88 valence electrons. The van der Waals surface area contributed by atoms with E-state index in [0.717, 1.165) is 19.3 Å². The summed E-state index contributed by atoms with van der Waals surface area (Å²) in [5, 5.41) is 0. The van der Waals surface area contributed by atoms with E-state index in [1.54, 1.807) is 0 Å². The zero-order valence-corrected chi connectivity index (χ0v) is 9.99. The molecule has 1 aliphatic carbocycles. The molecule has 0 saturated heterocycles. The van der Waals surface area contributed by atoms with Crippen LogP contribution in [0, 0.1) is 11.8 Å². The molecule has 0 aromatic carbocycles. The van der Waals surface area contributed by atoms with Gasteiger partial charge < -0.3 is 9.47 Å². The number of methoxy groups -OCH3 is 2. The first kappa shape index (κ1) is 12.7. The molecule has 3 heteroatoms. The van der Waals surface area contributed by atoms with Gasteiger partial charge in [-0.1, -0.05) is 26.2 Å². The van der Waals surface area contributed by atoms with Crippen molar-refractivity contribution < 1.29 is 14.3 Å². The van der Waals surface area contributed by atoms with Gasteiger partial charge in [0, 0.05) is 20.1 Å². The molecule has 2 unspecified atom stereocenters. The van der Waals surface area contributed by atoms with Gasteiger partial charge in [-0.05, 0) is 18.8 Å². The van der Waals surface area contributed by atoms with Crippen LogP contribution in [0.2, 0.25) is 0 Å². The number of Topliss-reactive ketones (excluding diaryl/α,β-unsaturated/α-hetero) is 1.